The Kier molecular flexibility index (Phi) is 4.29. The second-order valence-electron chi connectivity index (χ2n) is 5.02. The number of primary amides is 1. The summed E-state index contributed by atoms with van der Waals surface area (Å²) in [6, 6.07) is 0.412. The third-order valence-electron chi connectivity index (χ3n) is 2.71. The molecule has 0 bridgehead atoms. The first-order valence-corrected chi connectivity index (χ1v) is 5.72. The second kappa shape index (κ2) is 5.30. The Hall–Kier alpha value is -1.10. The number of hydrogen-bond acceptors (Lipinski definition) is 3. The first-order valence-electron chi connectivity index (χ1n) is 5.72. The zero-order valence-electron chi connectivity index (χ0n) is 10.0. The zero-order chi connectivity index (χ0) is 12.2. The van der Waals surface area contributed by atoms with Crippen LogP contribution in [0, 0.1) is 5.41 Å². The van der Waals surface area contributed by atoms with Gasteiger partial charge in [-0.1, -0.05) is 0 Å². The van der Waals surface area contributed by atoms with E-state index in [4.69, 9.17) is 5.73 Å². The SMILES string of the molecule is CC(C)(CNCCC(=O)NC1CC1)C(N)=O. The van der Waals surface area contributed by atoms with Crippen LogP contribution in [-0.2, 0) is 9.59 Å². The van der Waals surface area contributed by atoms with Gasteiger partial charge in [0.15, 0.2) is 0 Å². The fraction of sp³-hybridized carbons (Fsp3) is 0.818. The molecule has 0 radical (unpaired) electrons. The van der Waals surface area contributed by atoms with Crippen LogP contribution in [-0.4, -0.2) is 30.9 Å². The van der Waals surface area contributed by atoms with Gasteiger partial charge in [-0.05, 0) is 26.7 Å². The smallest absolute Gasteiger partial charge is 0.224 e. The highest BCUT2D eigenvalue weighted by Gasteiger charge is 2.25. The van der Waals surface area contributed by atoms with Crippen molar-refractivity contribution in [2.75, 3.05) is 13.1 Å². The summed E-state index contributed by atoms with van der Waals surface area (Å²) < 4.78 is 0. The molecule has 1 rings (SSSR count). The maximum absolute atomic E-state index is 11.3. The van der Waals surface area contributed by atoms with Gasteiger partial charge in [0, 0.05) is 25.6 Å². The zero-order valence-corrected chi connectivity index (χ0v) is 10.0. The van der Waals surface area contributed by atoms with Crippen molar-refractivity contribution in [3.63, 3.8) is 0 Å². The standard InChI is InChI=1S/C11H21N3O2/c1-11(2,10(12)16)7-13-6-5-9(15)14-8-3-4-8/h8,13H,3-7H2,1-2H3,(H2,12,16)(H,14,15). The third-order valence-corrected chi connectivity index (χ3v) is 2.71. The van der Waals surface area contributed by atoms with Crippen LogP contribution >= 0.6 is 0 Å². The molecule has 4 N–H and O–H groups in total. The fourth-order valence-electron chi connectivity index (χ4n) is 1.22. The summed E-state index contributed by atoms with van der Waals surface area (Å²) in [7, 11) is 0. The summed E-state index contributed by atoms with van der Waals surface area (Å²) in [5, 5.41) is 5.97. The van der Waals surface area contributed by atoms with Crippen molar-refractivity contribution in [1.82, 2.24) is 10.6 Å². The molecule has 1 aliphatic rings. The van der Waals surface area contributed by atoms with E-state index in [1.807, 2.05) is 0 Å². The molecular formula is C11H21N3O2. The van der Waals surface area contributed by atoms with Crippen LogP contribution in [0.2, 0.25) is 0 Å². The van der Waals surface area contributed by atoms with Gasteiger partial charge in [-0.3, -0.25) is 9.59 Å². The molecule has 0 aromatic heterocycles. The topological polar surface area (TPSA) is 84.2 Å². The lowest BCUT2D eigenvalue weighted by molar-refractivity contribution is -0.125. The minimum Gasteiger partial charge on any atom is -0.369 e. The van der Waals surface area contributed by atoms with E-state index in [-0.39, 0.29) is 11.8 Å². The first kappa shape index (κ1) is 13.0. The van der Waals surface area contributed by atoms with Crippen LogP contribution in [0.4, 0.5) is 0 Å². The lowest BCUT2D eigenvalue weighted by Crippen LogP contribution is -2.41. The van der Waals surface area contributed by atoms with Gasteiger partial charge in [0.1, 0.15) is 0 Å². The number of carbonyl (C=O) groups excluding carboxylic acids is 2. The van der Waals surface area contributed by atoms with E-state index < -0.39 is 5.41 Å². The fourth-order valence-corrected chi connectivity index (χ4v) is 1.22. The van der Waals surface area contributed by atoms with Crippen LogP contribution in [0.5, 0.6) is 0 Å². The van der Waals surface area contributed by atoms with Gasteiger partial charge >= 0.3 is 0 Å². The molecule has 0 aromatic carbocycles. The Labute approximate surface area is 96.1 Å². The number of amides is 2. The maximum Gasteiger partial charge on any atom is 0.224 e. The highest BCUT2D eigenvalue weighted by atomic mass is 16.2. The van der Waals surface area contributed by atoms with E-state index in [1.54, 1.807) is 13.8 Å². The summed E-state index contributed by atoms with van der Waals surface area (Å²) in [5.41, 5.74) is 4.67. The Morgan fingerprint density at radius 2 is 2.00 bits per heavy atom. The van der Waals surface area contributed by atoms with E-state index >= 15 is 0 Å². The third kappa shape index (κ3) is 4.61. The molecule has 16 heavy (non-hydrogen) atoms. The molecule has 0 heterocycles. The van der Waals surface area contributed by atoms with Crippen LogP contribution in [0.25, 0.3) is 0 Å². The molecule has 0 saturated heterocycles. The maximum atomic E-state index is 11.3. The van der Waals surface area contributed by atoms with E-state index in [0.717, 1.165) is 12.8 Å². The van der Waals surface area contributed by atoms with E-state index in [2.05, 4.69) is 10.6 Å². The molecule has 0 spiro atoms. The lowest BCUT2D eigenvalue weighted by Gasteiger charge is -2.20. The Bertz CT molecular complexity index is 272. The van der Waals surface area contributed by atoms with Gasteiger partial charge in [0.25, 0.3) is 0 Å². The normalized spacial score (nSPS) is 15.9. The quantitative estimate of drug-likeness (QED) is 0.525. The summed E-state index contributed by atoms with van der Waals surface area (Å²) in [6.45, 7) is 4.65. The molecule has 92 valence electrons. The molecule has 2 amide bonds. The summed E-state index contributed by atoms with van der Waals surface area (Å²) >= 11 is 0. The summed E-state index contributed by atoms with van der Waals surface area (Å²) in [5.74, 6) is -0.255. The van der Waals surface area contributed by atoms with Crippen molar-refractivity contribution < 1.29 is 9.59 Å². The lowest BCUT2D eigenvalue weighted by atomic mass is 9.93. The molecule has 0 aromatic rings. The van der Waals surface area contributed by atoms with Gasteiger partial charge in [-0.25, -0.2) is 0 Å². The van der Waals surface area contributed by atoms with Crippen molar-refractivity contribution in [2.24, 2.45) is 11.1 Å². The average molecular weight is 227 g/mol. The number of carbonyl (C=O) groups is 2. The number of nitrogens with one attached hydrogen (secondary N) is 2. The molecule has 5 nitrogen and oxygen atoms in total. The Balaban J connectivity index is 2.06. The molecule has 5 heteroatoms. The highest BCUT2D eigenvalue weighted by Crippen LogP contribution is 2.18. The van der Waals surface area contributed by atoms with Crippen molar-refractivity contribution in [1.29, 1.82) is 0 Å². The minimum atomic E-state index is -0.563. The second-order valence-corrected chi connectivity index (χ2v) is 5.02. The van der Waals surface area contributed by atoms with Crippen molar-refractivity contribution >= 4 is 11.8 Å². The monoisotopic (exact) mass is 227 g/mol. The van der Waals surface area contributed by atoms with E-state index in [0.29, 0.717) is 25.6 Å². The number of rotatable bonds is 7. The molecule has 0 unspecified atom stereocenters. The van der Waals surface area contributed by atoms with Crippen molar-refractivity contribution in [2.45, 2.75) is 39.2 Å². The Morgan fingerprint density at radius 1 is 1.38 bits per heavy atom. The van der Waals surface area contributed by atoms with Crippen LogP contribution in [0.3, 0.4) is 0 Å². The van der Waals surface area contributed by atoms with Crippen LogP contribution < -0.4 is 16.4 Å². The molecule has 1 aliphatic carbocycles. The predicted molar refractivity (Wildman–Crippen MR) is 61.6 cm³/mol. The van der Waals surface area contributed by atoms with Crippen molar-refractivity contribution in [3.8, 4) is 0 Å². The summed E-state index contributed by atoms with van der Waals surface area (Å²) in [4.78, 5) is 22.3. The van der Waals surface area contributed by atoms with E-state index in [9.17, 15) is 9.59 Å². The van der Waals surface area contributed by atoms with Crippen LogP contribution in [0.1, 0.15) is 33.1 Å². The minimum absolute atomic E-state index is 0.0758. The number of nitrogens with two attached hydrogens (primary N) is 1. The Morgan fingerprint density at radius 3 is 2.50 bits per heavy atom. The van der Waals surface area contributed by atoms with Gasteiger partial charge in [0.05, 0.1) is 5.41 Å². The predicted octanol–water partition coefficient (Wildman–Crippen LogP) is -0.244. The first-order chi connectivity index (χ1) is 7.42. The molecule has 0 atom stereocenters. The van der Waals surface area contributed by atoms with Crippen molar-refractivity contribution in [3.05, 3.63) is 0 Å². The average Bonchev–Trinajstić information content (AvgIpc) is 2.96. The van der Waals surface area contributed by atoms with E-state index in [1.165, 1.54) is 0 Å². The number of hydrogen-bond donors (Lipinski definition) is 3. The largest absolute Gasteiger partial charge is 0.369 e. The molecule has 1 saturated carbocycles. The molecule has 1 fully saturated rings. The molecular weight excluding hydrogens is 206 g/mol. The summed E-state index contributed by atoms with van der Waals surface area (Å²) in [6.07, 6.45) is 2.66. The van der Waals surface area contributed by atoms with Gasteiger partial charge in [0.2, 0.25) is 11.8 Å². The van der Waals surface area contributed by atoms with Crippen LogP contribution in [0.15, 0.2) is 0 Å². The highest BCUT2D eigenvalue weighted by molar-refractivity contribution is 5.80. The van der Waals surface area contributed by atoms with Gasteiger partial charge in [-0.15, -0.1) is 0 Å². The van der Waals surface area contributed by atoms with Gasteiger partial charge in [-0.2, -0.15) is 0 Å². The molecule has 0 aliphatic heterocycles. The van der Waals surface area contributed by atoms with Gasteiger partial charge < -0.3 is 16.4 Å².